The van der Waals surface area contributed by atoms with E-state index in [9.17, 15) is 5.11 Å². The number of aryl methyl sites for hydroxylation is 1. The zero-order chi connectivity index (χ0) is 10.2. The number of thioether (sulfide) groups is 1. The van der Waals surface area contributed by atoms with Gasteiger partial charge >= 0.3 is 0 Å². The number of rotatable bonds is 1. The molecule has 0 bridgehead atoms. The van der Waals surface area contributed by atoms with Gasteiger partial charge in [-0.2, -0.15) is 11.8 Å². The van der Waals surface area contributed by atoms with Crippen LogP contribution in [0.3, 0.4) is 0 Å². The van der Waals surface area contributed by atoms with E-state index in [0.717, 1.165) is 17.1 Å². The Morgan fingerprint density at radius 2 is 2.29 bits per heavy atom. The van der Waals surface area contributed by atoms with E-state index in [-0.39, 0.29) is 0 Å². The molecule has 1 N–H and O–H groups in total. The van der Waals surface area contributed by atoms with Crippen LogP contribution in [0.2, 0.25) is 0 Å². The van der Waals surface area contributed by atoms with Crippen molar-refractivity contribution in [2.24, 2.45) is 5.92 Å². The van der Waals surface area contributed by atoms with Gasteiger partial charge in [0.25, 0.3) is 0 Å². The van der Waals surface area contributed by atoms with Gasteiger partial charge in [0.05, 0.1) is 0 Å². The zero-order valence-electron chi connectivity index (χ0n) is 8.66. The van der Waals surface area contributed by atoms with Crippen LogP contribution in [0.4, 0.5) is 0 Å². The quantitative estimate of drug-likeness (QED) is 0.765. The van der Waals surface area contributed by atoms with E-state index in [1.54, 1.807) is 0 Å². The molecule has 76 valence electrons. The summed E-state index contributed by atoms with van der Waals surface area (Å²) in [5.74, 6) is 2.25. The van der Waals surface area contributed by atoms with Crippen molar-refractivity contribution in [3.8, 4) is 0 Å². The molecule has 0 aliphatic carbocycles. The minimum atomic E-state index is -0.601. The monoisotopic (exact) mass is 208 g/mol. The van der Waals surface area contributed by atoms with E-state index in [1.807, 2.05) is 23.9 Å². The van der Waals surface area contributed by atoms with Crippen LogP contribution in [0.25, 0.3) is 0 Å². The summed E-state index contributed by atoms with van der Waals surface area (Å²) in [7, 11) is 0. The molecular formula is C12H16OS. The van der Waals surface area contributed by atoms with Gasteiger partial charge in [-0.3, -0.25) is 0 Å². The highest BCUT2D eigenvalue weighted by atomic mass is 32.2. The summed E-state index contributed by atoms with van der Waals surface area (Å²) < 4.78 is 0. The summed E-state index contributed by atoms with van der Waals surface area (Å²) in [5, 5.41) is 10.5. The first-order chi connectivity index (χ1) is 6.63. The lowest BCUT2D eigenvalue weighted by molar-refractivity contribution is 0.0234. The molecule has 1 aromatic rings. The van der Waals surface area contributed by atoms with Crippen LogP contribution in [0.15, 0.2) is 24.3 Å². The van der Waals surface area contributed by atoms with Crippen molar-refractivity contribution in [1.29, 1.82) is 0 Å². The second-order valence-electron chi connectivity index (χ2n) is 4.21. The molecule has 1 fully saturated rings. The van der Waals surface area contributed by atoms with E-state index >= 15 is 0 Å². The fourth-order valence-electron chi connectivity index (χ4n) is 1.95. The minimum absolute atomic E-state index is 0.356. The Bertz CT molecular complexity index is 337. The Labute approximate surface area is 89.5 Å². The molecule has 1 saturated heterocycles. The van der Waals surface area contributed by atoms with Crippen LogP contribution in [0.1, 0.15) is 18.1 Å². The Kier molecular flexibility index (Phi) is 2.58. The molecule has 14 heavy (non-hydrogen) atoms. The third kappa shape index (κ3) is 1.57. The van der Waals surface area contributed by atoms with Gasteiger partial charge in [0.2, 0.25) is 0 Å². The SMILES string of the molecule is Cc1cccc([C@]2(O)CSC[C@H]2C)c1. The maximum Gasteiger partial charge on any atom is 0.102 e. The molecule has 1 heterocycles. The Morgan fingerprint density at radius 1 is 1.50 bits per heavy atom. The maximum atomic E-state index is 10.5. The van der Waals surface area contributed by atoms with Gasteiger partial charge in [0.15, 0.2) is 0 Å². The average Bonchev–Trinajstić information content (AvgIpc) is 2.49. The molecule has 2 heteroatoms. The standard InChI is InChI=1S/C12H16OS/c1-9-4-3-5-11(6-9)12(13)8-14-7-10(12)2/h3-6,10,13H,7-8H2,1-2H3/t10-,12+/m1/s1. The highest BCUT2D eigenvalue weighted by molar-refractivity contribution is 7.99. The van der Waals surface area contributed by atoms with Crippen LogP contribution in [0.5, 0.6) is 0 Å². The molecule has 1 nitrogen and oxygen atoms in total. The van der Waals surface area contributed by atoms with Crippen molar-refractivity contribution in [2.75, 3.05) is 11.5 Å². The third-order valence-electron chi connectivity index (χ3n) is 3.02. The molecule has 1 aliphatic heterocycles. The maximum absolute atomic E-state index is 10.5. The number of benzene rings is 1. The molecular weight excluding hydrogens is 192 g/mol. The van der Waals surface area contributed by atoms with Gasteiger partial charge in [-0.25, -0.2) is 0 Å². The van der Waals surface area contributed by atoms with Crippen molar-refractivity contribution in [2.45, 2.75) is 19.4 Å². The van der Waals surface area contributed by atoms with Gasteiger partial charge in [0.1, 0.15) is 5.60 Å². The van der Waals surface area contributed by atoms with E-state index in [0.29, 0.717) is 5.92 Å². The van der Waals surface area contributed by atoms with Crippen molar-refractivity contribution >= 4 is 11.8 Å². The van der Waals surface area contributed by atoms with Gasteiger partial charge < -0.3 is 5.11 Å². The van der Waals surface area contributed by atoms with Crippen LogP contribution in [0, 0.1) is 12.8 Å². The Hall–Kier alpha value is -0.470. The van der Waals surface area contributed by atoms with Crippen molar-refractivity contribution < 1.29 is 5.11 Å². The molecule has 1 aromatic carbocycles. The first-order valence-corrected chi connectivity index (χ1v) is 6.15. The second-order valence-corrected chi connectivity index (χ2v) is 5.24. The smallest absolute Gasteiger partial charge is 0.102 e. The molecule has 0 spiro atoms. The summed E-state index contributed by atoms with van der Waals surface area (Å²) in [6.07, 6.45) is 0. The predicted octanol–water partition coefficient (Wildman–Crippen LogP) is 2.57. The van der Waals surface area contributed by atoms with Gasteiger partial charge in [-0.15, -0.1) is 0 Å². The average molecular weight is 208 g/mol. The molecule has 0 aromatic heterocycles. The number of aliphatic hydroxyl groups is 1. The van der Waals surface area contributed by atoms with Crippen molar-refractivity contribution in [3.63, 3.8) is 0 Å². The minimum Gasteiger partial charge on any atom is -0.384 e. The zero-order valence-corrected chi connectivity index (χ0v) is 9.47. The fraction of sp³-hybridized carbons (Fsp3) is 0.500. The molecule has 2 rings (SSSR count). The third-order valence-corrected chi connectivity index (χ3v) is 4.40. The topological polar surface area (TPSA) is 20.2 Å². The van der Waals surface area contributed by atoms with E-state index < -0.39 is 5.60 Å². The summed E-state index contributed by atoms with van der Waals surface area (Å²) in [5.41, 5.74) is 1.70. The van der Waals surface area contributed by atoms with Crippen molar-refractivity contribution in [3.05, 3.63) is 35.4 Å². The summed E-state index contributed by atoms with van der Waals surface area (Å²) in [4.78, 5) is 0. The Balaban J connectivity index is 2.38. The summed E-state index contributed by atoms with van der Waals surface area (Å²) in [6.45, 7) is 4.20. The molecule has 2 atom stereocenters. The fourth-order valence-corrected chi connectivity index (χ4v) is 3.46. The number of hydrogen-bond donors (Lipinski definition) is 1. The Morgan fingerprint density at radius 3 is 2.86 bits per heavy atom. The molecule has 0 unspecified atom stereocenters. The molecule has 1 aliphatic rings. The highest BCUT2D eigenvalue weighted by Crippen LogP contribution is 2.41. The van der Waals surface area contributed by atoms with Crippen LogP contribution in [-0.2, 0) is 5.60 Å². The van der Waals surface area contributed by atoms with Crippen LogP contribution < -0.4 is 0 Å². The van der Waals surface area contributed by atoms with Crippen LogP contribution in [-0.4, -0.2) is 16.6 Å². The first-order valence-electron chi connectivity index (χ1n) is 5.00. The lowest BCUT2D eigenvalue weighted by atomic mass is 9.85. The second kappa shape index (κ2) is 3.59. The first kappa shape index (κ1) is 10.1. The van der Waals surface area contributed by atoms with Gasteiger partial charge in [0, 0.05) is 5.75 Å². The van der Waals surface area contributed by atoms with E-state index in [2.05, 4.69) is 26.0 Å². The van der Waals surface area contributed by atoms with Crippen LogP contribution >= 0.6 is 11.8 Å². The molecule has 0 amide bonds. The normalized spacial score (nSPS) is 32.1. The van der Waals surface area contributed by atoms with E-state index in [4.69, 9.17) is 0 Å². The predicted molar refractivity (Wildman–Crippen MR) is 61.6 cm³/mol. The number of hydrogen-bond acceptors (Lipinski definition) is 2. The van der Waals surface area contributed by atoms with Gasteiger partial charge in [-0.05, 0) is 24.2 Å². The van der Waals surface area contributed by atoms with Crippen molar-refractivity contribution in [1.82, 2.24) is 0 Å². The summed E-state index contributed by atoms with van der Waals surface area (Å²) in [6, 6.07) is 8.23. The summed E-state index contributed by atoms with van der Waals surface area (Å²) >= 11 is 1.84. The van der Waals surface area contributed by atoms with E-state index in [1.165, 1.54) is 5.56 Å². The largest absolute Gasteiger partial charge is 0.384 e. The lowest BCUT2D eigenvalue weighted by Gasteiger charge is -2.27. The highest BCUT2D eigenvalue weighted by Gasteiger charge is 2.40. The van der Waals surface area contributed by atoms with Gasteiger partial charge in [-0.1, -0.05) is 36.8 Å². The molecule has 0 saturated carbocycles. The lowest BCUT2D eigenvalue weighted by Crippen LogP contribution is -2.32. The molecule has 0 radical (unpaired) electrons.